The second-order valence-electron chi connectivity index (χ2n) is 5.19. The van der Waals surface area contributed by atoms with Crippen molar-refractivity contribution >= 4 is 5.78 Å². The van der Waals surface area contributed by atoms with Crippen LogP contribution >= 0.6 is 0 Å². The van der Waals surface area contributed by atoms with E-state index in [1.807, 2.05) is 6.08 Å². The summed E-state index contributed by atoms with van der Waals surface area (Å²) in [6.07, 6.45) is 5.05. The van der Waals surface area contributed by atoms with Gasteiger partial charge in [-0.25, -0.2) is 0 Å². The van der Waals surface area contributed by atoms with Crippen LogP contribution in [0.25, 0.3) is 0 Å². The molecule has 0 unspecified atom stereocenters. The number of carbonyl (C=O) groups is 1. The molecule has 1 rings (SSSR count). The van der Waals surface area contributed by atoms with Crippen LogP contribution in [0.1, 0.15) is 40.0 Å². The van der Waals surface area contributed by atoms with E-state index in [1.165, 1.54) is 5.57 Å². The summed E-state index contributed by atoms with van der Waals surface area (Å²) in [7, 11) is 0. The zero-order valence-corrected chi connectivity index (χ0v) is 10.2. The zero-order chi connectivity index (χ0) is 11.6. The molecule has 84 valence electrons. The number of carbonyl (C=O) groups excluding carboxylic acids is 1. The van der Waals surface area contributed by atoms with Gasteiger partial charge in [0.05, 0.1) is 0 Å². The number of allylic oxidation sites excluding steroid dienone is 2. The summed E-state index contributed by atoms with van der Waals surface area (Å²) in [4.78, 5) is 11.4. The topological polar surface area (TPSA) is 17.1 Å². The molecule has 0 heterocycles. The fourth-order valence-corrected chi connectivity index (χ4v) is 2.71. The van der Waals surface area contributed by atoms with Crippen molar-refractivity contribution < 1.29 is 4.79 Å². The van der Waals surface area contributed by atoms with Gasteiger partial charge in [0.25, 0.3) is 0 Å². The summed E-state index contributed by atoms with van der Waals surface area (Å²) in [5, 5.41) is 0. The lowest BCUT2D eigenvalue weighted by Crippen LogP contribution is -2.35. The first kappa shape index (κ1) is 12.2. The highest BCUT2D eigenvalue weighted by atomic mass is 16.1. The van der Waals surface area contributed by atoms with E-state index in [9.17, 15) is 4.79 Å². The van der Waals surface area contributed by atoms with Crippen LogP contribution in [0.3, 0.4) is 0 Å². The van der Waals surface area contributed by atoms with Gasteiger partial charge in [0, 0.05) is 5.92 Å². The minimum atomic E-state index is 0.137. The predicted molar refractivity (Wildman–Crippen MR) is 64.6 cm³/mol. The molecule has 1 fully saturated rings. The van der Waals surface area contributed by atoms with Crippen LogP contribution in [-0.4, -0.2) is 5.78 Å². The Kier molecular flexibility index (Phi) is 3.54. The zero-order valence-electron chi connectivity index (χ0n) is 10.2. The molecule has 0 aromatic rings. The van der Waals surface area contributed by atoms with Crippen molar-refractivity contribution in [2.45, 2.75) is 40.0 Å². The van der Waals surface area contributed by atoms with E-state index >= 15 is 0 Å². The third-order valence-corrected chi connectivity index (χ3v) is 3.98. The molecule has 1 nitrogen and oxygen atoms in total. The average molecular weight is 206 g/mol. The first-order chi connectivity index (χ1) is 6.90. The minimum absolute atomic E-state index is 0.137. The van der Waals surface area contributed by atoms with Crippen molar-refractivity contribution in [1.82, 2.24) is 0 Å². The fourth-order valence-electron chi connectivity index (χ4n) is 2.71. The molecule has 0 bridgehead atoms. The van der Waals surface area contributed by atoms with E-state index in [2.05, 4.69) is 27.0 Å². The summed E-state index contributed by atoms with van der Waals surface area (Å²) in [6, 6.07) is 0. The van der Waals surface area contributed by atoms with E-state index in [0.29, 0.717) is 11.7 Å². The smallest absolute Gasteiger partial charge is 0.132 e. The Labute approximate surface area is 93.3 Å². The summed E-state index contributed by atoms with van der Waals surface area (Å²) in [6.45, 7) is 14.0. The molecular formula is C14H22O. The molecule has 1 saturated carbocycles. The Hall–Kier alpha value is -0.850. The summed E-state index contributed by atoms with van der Waals surface area (Å²) < 4.78 is 0. The number of ketones is 1. The molecule has 3 atom stereocenters. The molecule has 15 heavy (non-hydrogen) atoms. The van der Waals surface area contributed by atoms with Crippen molar-refractivity contribution in [2.75, 3.05) is 0 Å². The van der Waals surface area contributed by atoms with Gasteiger partial charge < -0.3 is 0 Å². The minimum Gasteiger partial charge on any atom is -0.300 e. The Balaban J connectivity index is 2.88. The van der Waals surface area contributed by atoms with E-state index in [-0.39, 0.29) is 11.3 Å². The molecule has 0 N–H and O–H groups in total. The maximum absolute atomic E-state index is 11.4. The molecule has 0 saturated heterocycles. The maximum atomic E-state index is 11.4. The van der Waals surface area contributed by atoms with Gasteiger partial charge in [-0.2, -0.15) is 0 Å². The van der Waals surface area contributed by atoms with Crippen LogP contribution in [-0.2, 0) is 4.79 Å². The second-order valence-corrected chi connectivity index (χ2v) is 5.19. The Morgan fingerprint density at radius 1 is 1.47 bits per heavy atom. The van der Waals surface area contributed by atoms with Gasteiger partial charge in [0.1, 0.15) is 5.78 Å². The number of hydrogen-bond acceptors (Lipinski definition) is 1. The SMILES string of the molecule is C=C[C@]1(C)CC[C@@H](C(C)=O)C[C@H]1C(=C)C. The van der Waals surface area contributed by atoms with E-state index < -0.39 is 0 Å². The van der Waals surface area contributed by atoms with Crippen molar-refractivity contribution in [3.05, 3.63) is 24.8 Å². The van der Waals surface area contributed by atoms with Crippen molar-refractivity contribution in [3.63, 3.8) is 0 Å². The third-order valence-electron chi connectivity index (χ3n) is 3.98. The lowest BCUT2D eigenvalue weighted by molar-refractivity contribution is -0.122. The first-order valence-corrected chi connectivity index (χ1v) is 5.70. The lowest BCUT2D eigenvalue weighted by atomic mass is 9.62. The standard InChI is InChI=1S/C14H22O/c1-6-14(5)8-7-12(11(4)15)9-13(14)10(2)3/h6,12-13H,1-2,7-9H2,3-5H3/t12-,13+,14-/m1/s1. The molecule has 0 aromatic heterocycles. The van der Waals surface area contributed by atoms with Crippen molar-refractivity contribution in [3.8, 4) is 0 Å². The molecule has 0 radical (unpaired) electrons. The number of Topliss-reactive ketones (excluding diaryl/α,β-unsaturated/α-hetero) is 1. The Morgan fingerprint density at radius 2 is 2.07 bits per heavy atom. The molecule has 0 aromatic carbocycles. The average Bonchev–Trinajstić information content (AvgIpc) is 2.17. The summed E-state index contributed by atoms with van der Waals surface area (Å²) in [5.74, 6) is 0.977. The van der Waals surface area contributed by atoms with Crippen molar-refractivity contribution in [1.29, 1.82) is 0 Å². The van der Waals surface area contributed by atoms with Gasteiger partial charge in [0.2, 0.25) is 0 Å². The van der Waals surface area contributed by atoms with Gasteiger partial charge in [-0.1, -0.05) is 25.2 Å². The number of hydrogen-bond donors (Lipinski definition) is 0. The van der Waals surface area contributed by atoms with Crippen molar-refractivity contribution in [2.24, 2.45) is 17.3 Å². The molecule has 1 heteroatoms. The Morgan fingerprint density at radius 3 is 2.47 bits per heavy atom. The monoisotopic (exact) mass is 206 g/mol. The van der Waals surface area contributed by atoms with Gasteiger partial charge in [-0.05, 0) is 44.4 Å². The molecule has 0 spiro atoms. The summed E-state index contributed by atoms with van der Waals surface area (Å²) >= 11 is 0. The lowest BCUT2D eigenvalue weighted by Gasteiger charge is -2.42. The van der Waals surface area contributed by atoms with Gasteiger partial charge in [-0.3, -0.25) is 4.79 Å². The van der Waals surface area contributed by atoms with Crippen LogP contribution in [0.15, 0.2) is 24.8 Å². The maximum Gasteiger partial charge on any atom is 0.132 e. The molecule has 1 aliphatic carbocycles. The highest BCUT2D eigenvalue weighted by molar-refractivity contribution is 5.78. The van der Waals surface area contributed by atoms with Gasteiger partial charge in [-0.15, -0.1) is 6.58 Å². The van der Waals surface area contributed by atoms with Crippen LogP contribution in [0.5, 0.6) is 0 Å². The largest absolute Gasteiger partial charge is 0.300 e. The normalized spacial score (nSPS) is 35.9. The quantitative estimate of drug-likeness (QED) is 0.643. The van der Waals surface area contributed by atoms with Crippen LogP contribution in [0.4, 0.5) is 0 Å². The highest BCUT2D eigenvalue weighted by Gasteiger charge is 2.39. The molecular weight excluding hydrogens is 184 g/mol. The number of rotatable bonds is 3. The summed E-state index contributed by atoms with van der Waals surface area (Å²) in [5.41, 5.74) is 1.32. The van der Waals surface area contributed by atoms with Crippen LogP contribution in [0, 0.1) is 17.3 Å². The van der Waals surface area contributed by atoms with Gasteiger partial charge >= 0.3 is 0 Å². The first-order valence-electron chi connectivity index (χ1n) is 5.70. The van der Waals surface area contributed by atoms with E-state index in [1.54, 1.807) is 6.92 Å². The third kappa shape index (κ3) is 2.39. The fraction of sp³-hybridized carbons (Fsp3) is 0.643. The Bertz CT molecular complexity index is 290. The van der Waals surface area contributed by atoms with E-state index in [0.717, 1.165) is 19.3 Å². The molecule has 0 amide bonds. The highest BCUT2D eigenvalue weighted by Crippen LogP contribution is 2.47. The predicted octanol–water partition coefficient (Wildman–Crippen LogP) is 3.76. The molecule has 1 aliphatic rings. The van der Waals surface area contributed by atoms with E-state index in [4.69, 9.17) is 0 Å². The van der Waals surface area contributed by atoms with Crippen LogP contribution in [0.2, 0.25) is 0 Å². The molecule has 0 aliphatic heterocycles. The van der Waals surface area contributed by atoms with Gasteiger partial charge in [0.15, 0.2) is 0 Å². The van der Waals surface area contributed by atoms with Crippen LogP contribution < -0.4 is 0 Å². The second kappa shape index (κ2) is 4.34.